The molecule has 8 heteroatoms. The van der Waals surface area contributed by atoms with Gasteiger partial charge in [0.15, 0.2) is 0 Å². The molecule has 0 aliphatic rings. The molecule has 0 radical (unpaired) electrons. The molecule has 0 saturated heterocycles. The van der Waals surface area contributed by atoms with Crippen molar-refractivity contribution in [1.29, 1.82) is 0 Å². The van der Waals surface area contributed by atoms with Gasteiger partial charge in [-0.05, 0) is 44.5 Å². The number of halogens is 4. The summed E-state index contributed by atoms with van der Waals surface area (Å²) in [5.74, 6) is 0.525. The van der Waals surface area contributed by atoms with E-state index in [1.807, 2.05) is 20.8 Å². The van der Waals surface area contributed by atoms with E-state index in [2.05, 4.69) is 4.98 Å². The van der Waals surface area contributed by atoms with Crippen LogP contribution in [0.2, 0.25) is 10.0 Å². The monoisotopic (exact) mass is 426 g/mol. The molecule has 0 fully saturated rings. The number of hydrogen-bond donors (Lipinski definition) is 2. The van der Waals surface area contributed by atoms with E-state index in [9.17, 15) is 5.11 Å². The van der Waals surface area contributed by atoms with Crippen LogP contribution in [0.25, 0.3) is 0 Å². The molecule has 0 aliphatic heterocycles. The molecule has 4 nitrogen and oxygen atoms in total. The molecular weight excluding hydrogens is 406 g/mol. The molecule has 2 atom stereocenters. The molecule has 1 aromatic heterocycles. The number of ether oxygens (including phenoxy) is 1. The van der Waals surface area contributed by atoms with Gasteiger partial charge in [0.25, 0.3) is 0 Å². The van der Waals surface area contributed by atoms with Gasteiger partial charge in [0.2, 0.25) is 5.88 Å². The summed E-state index contributed by atoms with van der Waals surface area (Å²) in [6.45, 7) is 5.67. The summed E-state index contributed by atoms with van der Waals surface area (Å²) in [5, 5.41) is 11.4. The topological polar surface area (TPSA) is 68.4 Å². The van der Waals surface area contributed by atoms with Crippen LogP contribution in [-0.2, 0) is 0 Å². The Morgan fingerprint density at radius 3 is 2.24 bits per heavy atom. The van der Waals surface area contributed by atoms with Crippen LogP contribution in [0, 0.1) is 6.92 Å². The normalized spacial score (nSPS) is 12.8. The highest BCUT2D eigenvalue weighted by atomic mass is 35.5. The lowest BCUT2D eigenvalue weighted by Gasteiger charge is -2.21. The maximum Gasteiger partial charge on any atom is 0.213 e. The molecule has 140 valence electrons. The summed E-state index contributed by atoms with van der Waals surface area (Å²) in [7, 11) is 0. The molecule has 2 unspecified atom stereocenters. The van der Waals surface area contributed by atoms with Gasteiger partial charge in [-0.25, -0.2) is 4.98 Å². The van der Waals surface area contributed by atoms with E-state index < -0.39 is 12.1 Å². The first-order chi connectivity index (χ1) is 10.8. The Labute approximate surface area is 170 Å². The first-order valence-corrected chi connectivity index (χ1v) is 8.08. The maximum absolute atomic E-state index is 10.6. The lowest BCUT2D eigenvalue weighted by atomic mass is 9.96. The first kappa shape index (κ1) is 24.2. The van der Waals surface area contributed by atoms with Crippen molar-refractivity contribution >= 4 is 48.0 Å². The lowest BCUT2D eigenvalue weighted by molar-refractivity contribution is 0.145. The van der Waals surface area contributed by atoms with Crippen molar-refractivity contribution in [3.05, 3.63) is 57.2 Å². The molecule has 0 bridgehead atoms. The van der Waals surface area contributed by atoms with Crippen LogP contribution in [0.4, 0.5) is 0 Å². The third-order valence-electron chi connectivity index (χ3n) is 3.44. The minimum atomic E-state index is -0.909. The molecule has 25 heavy (non-hydrogen) atoms. The number of hydrogen-bond acceptors (Lipinski definition) is 4. The highest BCUT2D eigenvalue weighted by Gasteiger charge is 2.22. The molecule has 0 amide bonds. The van der Waals surface area contributed by atoms with Crippen molar-refractivity contribution in [3.63, 3.8) is 0 Å². The predicted molar refractivity (Wildman–Crippen MR) is 108 cm³/mol. The Balaban J connectivity index is 0.00000288. The SMILES string of the molecule is Cc1nc(OC(C)C)ccc1C(O)C(N)c1ccc(Cl)c(Cl)c1.Cl.Cl. The summed E-state index contributed by atoms with van der Waals surface area (Å²) >= 11 is 11.9. The summed E-state index contributed by atoms with van der Waals surface area (Å²) in [5.41, 5.74) is 8.19. The van der Waals surface area contributed by atoms with E-state index in [1.165, 1.54) is 0 Å². The lowest BCUT2D eigenvalue weighted by Crippen LogP contribution is -2.21. The van der Waals surface area contributed by atoms with E-state index in [1.54, 1.807) is 30.3 Å². The Kier molecular flexibility index (Phi) is 10.1. The smallest absolute Gasteiger partial charge is 0.213 e. The van der Waals surface area contributed by atoms with Gasteiger partial charge in [-0.1, -0.05) is 29.3 Å². The minimum Gasteiger partial charge on any atom is -0.475 e. The fraction of sp³-hybridized carbons (Fsp3) is 0.353. The Morgan fingerprint density at radius 1 is 1.08 bits per heavy atom. The number of rotatable bonds is 5. The summed E-state index contributed by atoms with van der Waals surface area (Å²) in [4.78, 5) is 4.36. The van der Waals surface area contributed by atoms with E-state index >= 15 is 0 Å². The van der Waals surface area contributed by atoms with E-state index in [-0.39, 0.29) is 30.9 Å². The zero-order valence-corrected chi connectivity index (χ0v) is 17.2. The van der Waals surface area contributed by atoms with Gasteiger partial charge >= 0.3 is 0 Å². The zero-order chi connectivity index (χ0) is 17.1. The highest BCUT2D eigenvalue weighted by molar-refractivity contribution is 6.42. The van der Waals surface area contributed by atoms with Gasteiger partial charge in [-0.2, -0.15) is 0 Å². The van der Waals surface area contributed by atoms with Gasteiger partial charge in [-0.15, -0.1) is 24.8 Å². The fourth-order valence-corrected chi connectivity index (χ4v) is 2.57. The van der Waals surface area contributed by atoms with E-state index in [0.717, 1.165) is 0 Å². The van der Waals surface area contributed by atoms with E-state index in [4.69, 9.17) is 33.7 Å². The second kappa shape index (κ2) is 10.4. The van der Waals surface area contributed by atoms with Gasteiger partial charge in [0.1, 0.15) is 0 Å². The number of aromatic nitrogens is 1. The quantitative estimate of drug-likeness (QED) is 0.699. The number of aliphatic hydroxyl groups is 1. The zero-order valence-electron chi connectivity index (χ0n) is 14.1. The molecule has 0 aliphatic carbocycles. The van der Waals surface area contributed by atoms with Crippen molar-refractivity contribution in [2.24, 2.45) is 5.73 Å². The predicted octanol–water partition coefficient (Wildman–Crippen LogP) is 5.06. The van der Waals surface area contributed by atoms with Crippen LogP contribution in [0.5, 0.6) is 5.88 Å². The van der Waals surface area contributed by atoms with Gasteiger partial charge < -0.3 is 15.6 Å². The Morgan fingerprint density at radius 2 is 1.72 bits per heavy atom. The van der Waals surface area contributed by atoms with Crippen molar-refractivity contribution in [2.75, 3.05) is 0 Å². The van der Waals surface area contributed by atoms with Crippen LogP contribution in [0.1, 0.15) is 42.8 Å². The third-order valence-corrected chi connectivity index (χ3v) is 4.18. The minimum absolute atomic E-state index is 0. The van der Waals surface area contributed by atoms with Crippen LogP contribution < -0.4 is 10.5 Å². The van der Waals surface area contributed by atoms with Crippen molar-refractivity contribution in [2.45, 2.75) is 39.0 Å². The number of aryl methyl sites for hydroxylation is 1. The van der Waals surface area contributed by atoms with Crippen molar-refractivity contribution in [1.82, 2.24) is 4.98 Å². The number of nitrogens with zero attached hydrogens (tertiary/aromatic N) is 1. The number of nitrogens with two attached hydrogens (primary N) is 1. The number of pyridine rings is 1. The summed E-state index contributed by atoms with van der Waals surface area (Å²) in [6.07, 6.45) is -0.871. The van der Waals surface area contributed by atoms with Crippen molar-refractivity contribution in [3.8, 4) is 5.88 Å². The average molecular weight is 428 g/mol. The second-order valence-electron chi connectivity index (χ2n) is 5.63. The second-order valence-corrected chi connectivity index (χ2v) is 6.45. The summed E-state index contributed by atoms with van der Waals surface area (Å²) < 4.78 is 5.55. The third kappa shape index (κ3) is 6.17. The first-order valence-electron chi connectivity index (χ1n) is 7.32. The maximum atomic E-state index is 10.6. The Bertz CT molecular complexity index is 698. The van der Waals surface area contributed by atoms with Crippen LogP contribution in [0.15, 0.2) is 30.3 Å². The highest BCUT2D eigenvalue weighted by Crippen LogP contribution is 2.32. The molecule has 1 heterocycles. The molecule has 0 saturated carbocycles. The molecule has 3 N–H and O–H groups in total. The van der Waals surface area contributed by atoms with Crippen molar-refractivity contribution < 1.29 is 9.84 Å². The molecular formula is C17H22Cl4N2O2. The molecule has 0 spiro atoms. The Hall–Kier alpha value is -0.750. The van der Waals surface area contributed by atoms with Crippen LogP contribution in [0.3, 0.4) is 0 Å². The van der Waals surface area contributed by atoms with Crippen LogP contribution >= 0.6 is 48.0 Å². The van der Waals surface area contributed by atoms with Gasteiger partial charge in [0.05, 0.1) is 28.3 Å². The molecule has 1 aromatic carbocycles. The van der Waals surface area contributed by atoms with E-state index in [0.29, 0.717) is 32.7 Å². The standard InChI is InChI=1S/C17H20Cl2N2O2.2ClH/c1-9(2)23-15-7-5-12(10(3)21-15)17(22)16(20)11-4-6-13(18)14(19)8-11;;/h4-9,16-17,22H,20H2,1-3H3;2*1H. The number of benzene rings is 1. The van der Waals surface area contributed by atoms with Gasteiger partial charge in [-0.3, -0.25) is 0 Å². The van der Waals surface area contributed by atoms with Gasteiger partial charge in [0, 0.05) is 17.3 Å². The largest absolute Gasteiger partial charge is 0.475 e. The summed E-state index contributed by atoms with van der Waals surface area (Å²) in [6, 6.07) is 7.95. The molecule has 2 aromatic rings. The fourth-order valence-electron chi connectivity index (χ4n) is 2.26. The average Bonchev–Trinajstić information content (AvgIpc) is 2.48. The van der Waals surface area contributed by atoms with Crippen LogP contribution in [-0.4, -0.2) is 16.2 Å². The molecule has 2 rings (SSSR count). The number of aliphatic hydroxyl groups excluding tert-OH is 1.